The van der Waals surface area contributed by atoms with Crippen molar-refractivity contribution in [3.05, 3.63) is 89.2 Å². The molecule has 1 aliphatic rings. The Morgan fingerprint density at radius 2 is 1.59 bits per heavy atom. The first kappa shape index (κ1) is 19.3. The first-order chi connectivity index (χ1) is 14.1. The minimum Gasteiger partial charge on any atom is -0.349 e. The molecule has 0 bridgehead atoms. The van der Waals surface area contributed by atoms with Gasteiger partial charge in [0.1, 0.15) is 0 Å². The Labute approximate surface area is 174 Å². The molecule has 0 unspecified atom stereocenters. The van der Waals surface area contributed by atoms with Crippen LogP contribution in [0.3, 0.4) is 0 Å². The van der Waals surface area contributed by atoms with Gasteiger partial charge in [-0.15, -0.1) is 0 Å². The SMILES string of the molecule is O=C(NC1CCN(C(=O)c2ccc(-n3cccc3)cc2)CC1)c1cccc(Cl)c1. The zero-order valence-corrected chi connectivity index (χ0v) is 16.7. The summed E-state index contributed by atoms with van der Waals surface area (Å²) in [6, 6.07) is 18.5. The average Bonchev–Trinajstić information content (AvgIpc) is 3.29. The summed E-state index contributed by atoms with van der Waals surface area (Å²) in [6.07, 6.45) is 5.41. The molecule has 0 aliphatic carbocycles. The van der Waals surface area contributed by atoms with Crippen molar-refractivity contribution in [2.75, 3.05) is 13.1 Å². The van der Waals surface area contributed by atoms with Crippen LogP contribution in [0.15, 0.2) is 73.1 Å². The van der Waals surface area contributed by atoms with Gasteiger partial charge in [-0.25, -0.2) is 0 Å². The van der Waals surface area contributed by atoms with Gasteiger partial charge in [-0.05, 0) is 67.4 Å². The molecule has 29 heavy (non-hydrogen) atoms. The van der Waals surface area contributed by atoms with Crippen LogP contribution >= 0.6 is 11.6 Å². The minimum absolute atomic E-state index is 0.0312. The highest BCUT2D eigenvalue weighted by Gasteiger charge is 2.25. The number of benzene rings is 2. The van der Waals surface area contributed by atoms with Crippen molar-refractivity contribution in [2.45, 2.75) is 18.9 Å². The lowest BCUT2D eigenvalue weighted by molar-refractivity contribution is 0.0698. The Morgan fingerprint density at radius 1 is 0.897 bits per heavy atom. The normalized spacial score (nSPS) is 14.6. The fraction of sp³-hybridized carbons (Fsp3) is 0.217. The van der Waals surface area contributed by atoms with E-state index < -0.39 is 0 Å². The van der Waals surface area contributed by atoms with Gasteiger partial charge in [0.15, 0.2) is 0 Å². The molecule has 148 valence electrons. The van der Waals surface area contributed by atoms with Gasteiger partial charge >= 0.3 is 0 Å². The van der Waals surface area contributed by atoms with E-state index in [9.17, 15) is 9.59 Å². The molecular weight excluding hydrogens is 386 g/mol. The zero-order chi connectivity index (χ0) is 20.2. The summed E-state index contributed by atoms with van der Waals surface area (Å²) in [7, 11) is 0. The molecule has 6 heteroatoms. The van der Waals surface area contributed by atoms with Crippen LogP contribution < -0.4 is 5.32 Å². The molecule has 5 nitrogen and oxygen atoms in total. The number of piperidine rings is 1. The molecule has 0 atom stereocenters. The summed E-state index contributed by atoms with van der Waals surface area (Å²) >= 11 is 5.96. The Balaban J connectivity index is 1.32. The average molecular weight is 408 g/mol. The van der Waals surface area contributed by atoms with E-state index in [1.807, 2.05) is 58.3 Å². The molecule has 3 aromatic rings. The summed E-state index contributed by atoms with van der Waals surface area (Å²) in [6.45, 7) is 1.25. The second-order valence-electron chi connectivity index (χ2n) is 7.19. The maximum absolute atomic E-state index is 12.8. The van der Waals surface area contributed by atoms with E-state index in [-0.39, 0.29) is 17.9 Å². The predicted molar refractivity (Wildman–Crippen MR) is 114 cm³/mol. The highest BCUT2D eigenvalue weighted by molar-refractivity contribution is 6.30. The maximum atomic E-state index is 12.8. The zero-order valence-electron chi connectivity index (χ0n) is 15.9. The number of amides is 2. The number of carbonyl (C=O) groups excluding carboxylic acids is 2. The Hall–Kier alpha value is -3.05. The molecule has 2 aromatic carbocycles. The van der Waals surface area contributed by atoms with Gasteiger partial charge in [0, 0.05) is 53.4 Å². The lowest BCUT2D eigenvalue weighted by atomic mass is 10.0. The molecule has 2 heterocycles. The Morgan fingerprint density at radius 3 is 2.24 bits per heavy atom. The first-order valence-corrected chi connectivity index (χ1v) is 10.1. The van der Waals surface area contributed by atoms with Crippen LogP contribution in [0.2, 0.25) is 5.02 Å². The number of nitrogens with one attached hydrogen (secondary N) is 1. The van der Waals surface area contributed by atoms with Gasteiger partial charge in [-0.3, -0.25) is 9.59 Å². The number of aromatic nitrogens is 1. The topological polar surface area (TPSA) is 54.3 Å². The molecule has 0 spiro atoms. The Bertz CT molecular complexity index is 991. The summed E-state index contributed by atoms with van der Waals surface area (Å²) < 4.78 is 2.00. The number of hydrogen-bond donors (Lipinski definition) is 1. The van der Waals surface area contributed by atoms with Crippen molar-refractivity contribution in [3.8, 4) is 5.69 Å². The molecule has 0 radical (unpaired) electrons. The monoisotopic (exact) mass is 407 g/mol. The fourth-order valence-electron chi connectivity index (χ4n) is 3.59. The lowest BCUT2D eigenvalue weighted by Gasteiger charge is -2.32. The van der Waals surface area contributed by atoms with Crippen molar-refractivity contribution < 1.29 is 9.59 Å². The van der Waals surface area contributed by atoms with Crippen LogP contribution in [-0.2, 0) is 0 Å². The van der Waals surface area contributed by atoms with Crippen LogP contribution in [0.25, 0.3) is 5.69 Å². The second-order valence-corrected chi connectivity index (χ2v) is 7.62. The van der Waals surface area contributed by atoms with Crippen molar-refractivity contribution in [1.82, 2.24) is 14.8 Å². The van der Waals surface area contributed by atoms with Gasteiger partial charge in [0.2, 0.25) is 0 Å². The van der Waals surface area contributed by atoms with Crippen LogP contribution in [0.5, 0.6) is 0 Å². The third kappa shape index (κ3) is 4.51. The summed E-state index contributed by atoms with van der Waals surface area (Å²) in [5, 5.41) is 3.59. The second kappa shape index (κ2) is 8.53. The number of hydrogen-bond acceptors (Lipinski definition) is 2. The standard InChI is InChI=1S/C23H22ClN3O2/c24-19-5-3-4-18(16-19)22(28)25-20-10-14-27(15-11-20)23(29)17-6-8-21(9-7-17)26-12-1-2-13-26/h1-9,12-13,16,20H,10-11,14-15H2,(H,25,28). The highest BCUT2D eigenvalue weighted by atomic mass is 35.5. The molecule has 1 aliphatic heterocycles. The molecular formula is C23H22ClN3O2. The van der Waals surface area contributed by atoms with Crippen LogP contribution in [0, 0.1) is 0 Å². The maximum Gasteiger partial charge on any atom is 0.253 e. The quantitative estimate of drug-likeness (QED) is 0.705. The van der Waals surface area contributed by atoms with Gasteiger partial charge in [-0.1, -0.05) is 17.7 Å². The molecule has 4 rings (SSSR count). The predicted octanol–water partition coefficient (Wildman–Crippen LogP) is 4.17. The summed E-state index contributed by atoms with van der Waals surface area (Å²) in [4.78, 5) is 27.0. The smallest absolute Gasteiger partial charge is 0.253 e. The van der Waals surface area contributed by atoms with Crippen molar-refractivity contribution >= 4 is 23.4 Å². The van der Waals surface area contributed by atoms with E-state index in [0.717, 1.165) is 18.5 Å². The van der Waals surface area contributed by atoms with E-state index in [4.69, 9.17) is 11.6 Å². The molecule has 2 amide bonds. The third-order valence-corrected chi connectivity index (χ3v) is 5.46. The lowest BCUT2D eigenvalue weighted by Crippen LogP contribution is -2.46. The van der Waals surface area contributed by atoms with E-state index in [2.05, 4.69) is 5.32 Å². The number of halogens is 1. The van der Waals surface area contributed by atoms with Gasteiger partial charge < -0.3 is 14.8 Å². The van der Waals surface area contributed by atoms with Crippen LogP contribution in [-0.4, -0.2) is 40.4 Å². The number of carbonyl (C=O) groups is 2. The molecule has 1 aromatic heterocycles. The van der Waals surface area contributed by atoms with E-state index in [1.165, 1.54) is 0 Å². The summed E-state index contributed by atoms with van der Waals surface area (Å²) in [5.74, 6) is -0.0958. The van der Waals surface area contributed by atoms with E-state index in [0.29, 0.717) is 29.2 Å². The van der Waals surface area contributed by atoms with E-state index >= 15 is 0 Å². The molecule has 0 saturated carbocycles. The number of nitrogens with zero attached hydrogens (tertiary/aromatic N) is 2. The number of likely N-dealkylation sites (tertiary alicyclic amines) is 1. The first-order valence-electron chi connectivity index (χ1n) is 9.69. The van der Waals surface area contributed by atoms with Crippen molar-refractivity contribution in [3.63, 3.8) is 0 Å². The molecule has 1 fully saturated rings. The van der Waals surface area contributed by atoms with Crippen LogP contribution in [0.1, 0.15) is 33.6 Å². The largest absolute Gasteiger partial charge is 0.349 e. The van der Waals surface area contributed by atoms with Crippen molar-refractivity contribution in [2.24, 2.45) is 0 Å². The third-order valence-electron chi connectivity index (χ3n) is 5.22. The van der Waals surface area contributed by atoms with Gasteiger partial charge in [0.05, 0.1) is 0 Å². The van der Waals surface area contributed by atoms with Crippen LogP contribution in [0.4, 0.5) is 0 Å². The molecule has 1 N–H and O–H groups in total. The minimum atomic E-state index is -0.127. The molecule has 1 saturated heterocycles. The fourth-order valence-corrected chi connectivity index (χ4v) is 3.78. The highest BCUT2D eigenvalue weighted by Crippen LogP contribution is 2.17. The Kier molecular flexibility index (Phi) is 5.67. The summed E-state index contributed by atoms with van der Waals surface area (Å²) in [5.41, 5.74) is 2.26. The van der Waals surface area contributed by atoms with Gasteiger partial charge in [0.25, 0.3) is 11.8 Å². The van der Waals surface area contributed by atoms with Gasteiger partial charge in [-0.2, -0.15) is 0 Å². The number of rotatable bonds is 4. The van der Waals surface area contributed by atoms with E-state index in [1.54, 1.807) is 24.3 Å². The van der Waals surface area contributed by atoms with Crippen molar-refractivity contribution in [1.29, 1.82) is 0 Å².